The van der Waals surface area contributed by atoms with E-state index in [1.807, 2.05) is 12.4 Å². The Morgan fingerprint density at radius 1 is 1.17 bits per heavy atom. The van der Waals surface area contributed by atoms with Crippen molar-refractivity contribution < 1.29 is 4.79 Å². The minimum Gasteiger partial charge on any atom is -0.348 e. The van der Waals surface area contributed by atoms with Crippen LogP contribution >= 0.6 is 0 Å². The maximum absolute atomic E-state index is 12.4. The van der Waals surface area contributed by atoms with Crippen molar-refractivity contribution in [2.45, 2.75) is 39.3 Å². The molecule has 1 aliphatic rings. The maximum atomic E-state index is 12.4. The van der Waals surface area contributed by atoms with Gasteiger partial charge in [-0.2, -0.15) is 0 Å². The molecule has 0 saturated heterocycles. The van der Waals surface area contributed by atoms with Crippen molar-refractivity contribution in [2.24, 2.45) is 0 Å². The van der Waals surface area contributed by atoms with E-state index >= 15 is 0 Å². The number of imidazole rings is 1. The van der Waals surface area contributed by atoms with E-state index in [4.69, 9.17) is 0 Å². The van der Waals surface area contributed by atoms with E-state index in [-0.39, 0.29) is 5.91 Å². The molecule has 1 aliphatic carbocycles. The quantitative estimate of drug-likeness (QED) is 0.802. The lowest BCUT2D eigenvalue weighted by atomic mass is 10.1. The van der Waals surface area contributed by atoms with E-state index in [0.29, 0.717) is 18.2 Å². The lowest BCUT2D eigenvalue weighted by Crippen LogP contribution is -2.23. The number of carbonyl (C=O) groups is 1. The molecular weight excluding hydrogens is 300 g/mol. The number of nitrogens with one attached hydrogen (secondary N) is 1. The Balaban J connectivity index is 1.50. The van der Waals surface area contributed by atoms with E-state index < -0.39 is 0 Å². The summed E-state index contributed by atoms with van der Waals surface area (Å²) in [6.45, 7) is 4.63. The molecule has 0 radical (unpaired) electrons. The third kappa shape index (κ3) is 2.89. The van der Waals surface area contributed by atoms with Crippen LogP contribution in [0.15, 0.2) is 36.8 Å². The SMILES string of the molecule is Cc1cc(C)cc(CNC(=O)c2cnc3c(c2)ncn3C2CC2)c1. The molecule has 0 unspecified atom stereocenters. The number of pyridine rings is 1. The van der Waals surface area contributed by atoms with Crippen LogP contribution in [0.1, 0.15) is 45.9 Å². The molecule has 3 aromatic rings. The lowest BCUT2D eigenvalue weighted by molar-refractivity contribution is 0.0950. The number of nitrogens with zero attached hydrogens (tertiary/aromatic N) is 3. The summed E-state index contributed by atoms with van der Waals surface area (Å²) in [7, 11) is 0. The van der Waals surface area contributed by atoms with Crippen molar-refractivity contribution >= 4 is 17.1 Å². The van der Waals surface area contributed by atoms with E-state index in [1.54, 1.807) is 6.20 Å². The first-order valence-corrected chi connectivity index (χ1v) is 8.28. The second kappa shape index (κ2) is 5.74. The molecule has 1 N–H and O–H groups in total. The van der Waals surface area contributed by atoms with Crippen LogP contribution in [0.2, 0.25) is 0 Å². The van der Waals surface area contributed by atoms with Crippen molar-refractivity contribution in [1.82, 2.24) is 19.9 Å². The fourth-order valence-electron chi connectivity index (χ4n) is 3.12. The predicted molar refractivity (Wildman–Crippen MR) is 92.9 cm³/mol. The number of aromatic nitrogens is 3. The number of hydrogen-bond acceptors (Lipinski definition) is 3. The first kappa shape index (κ1) is 14.9. The average molecular weight is 320 g/mol. The van der Waals surface area contributed by atoms with E-state index in [1.165, 1.54) is 24.0 Å². The highest BCUT2D eigenvalue weighted by Gasteiger charge is 2.25. The molecule has 1 saturated carbocycles. The summed E-state index contributed by atoms with van der Waals surface area (Å²) in [5, 5.41) is 2.96. The van der Waals surface area contributed by atoms with Crippen LogP contribution in [0.25, 0.3) is 11.2 Å². The number of hydrogen-bond donors (Lipinski definition) is 1. The smallest absolute Gasteiger partial charge is 0.253 e. The van der Waals surface area contributed by atoms with Gasteiger partial charge in [0.25, 0.3) is 5.91 Å². The van der Waals surface area contributed by atoms with Gasteiger partial charge in [0, 0.05) is 18.8 Å². The van der Waals surface area contributed by atoms with Crippen LogP contribution in [-0.4, -0.2) is 20.4 Å². The van der Waals surface area contributed by atoms with Gasteiger partial charge in [-0.3, -0.25) is 4.79 Å². The first-order chi connectivity index (χ1) is 11.6. The van der Waals surface area contributed by atoms with Crippen LogP contribution in [-0.2, 0) is 6.54 Å². The molecular formula is C19H20N4O. The Bertz CT molecular complexity index is 904. The Hall–Kier alpha value is -2.69. The average Bonchev–Trinajstić information content (AvgIpc) is 3.30. The zero-order chi connectivity index (χ0) is 16.7. The van der Waals surface area contributed by atoms with Crippen LogP contribution < -0.4 is 5.32 Å². The minimum atomic E-state index is -0.121. The molecule has 122 valence electrons. The third-order valence-corrected chi connectivity index (χ3v) is 4.35. The van der Waals surface area contributed by atoms with Gasteiger partial charge in [-0.05, 0) is 38.3 Å². The topological polar surface area (TPSA) is 59.8 Å². The molecule has 1 amide bonds. The fraction of sp³-hybridized carbons (Fsp3) is 0.316. The van der Waals surface area contributed by atoms with Gasteiger partial charge in [0.2, 0.25) is 0 Å². The minimum absolute atomic E-state index is 0.121. The maximum Gasteiger partial charge on any atom is 0.253 e. The molecule has 24 heavy (non-hydrogen) atoms. The summed E-state index contributed by atoms with van der Waals surface area (Å²) >= 11 is 0. The van der Waals surface area contributed by atoms with Gasteiger partial charge >= 0.3 is 0 Å². The number of benzene rings is 1. The lowest BCUT2D eigenvalue weighted by Gasteiger charge is -2.08. The van der Waals surface area contributed by atoms with Gasteiger partial charge < -0.3 is 9.88 Å². The molecule has 2 aromatic heterocycles. The zero-order valence-corrected chi connectivity index (χ0v) is 13.9. The molecule has 1 fully saturated rings. The highest BCUT2D eigenvalue weighted by molar-refractivity contribution is 5.96. The summed E-state index contributed by atoms with van der Waals surface area (Å²) in [5.74, 6) is -0.121. The van der Waals surface area contributed by atoms with E-state index in [9.17, 15) is 4.79 Å². The number of amides is 1. The Labute approximate surface area is 140 Å². The molecule has 1 aromatic carbocycles. The van der Waals surface area contributed by atoms with Crippen molar-refractivity contribution in [3.05, 3.63) is 59.0 Å². The fourth-order valence-corrected chi connectivity index (χ4v) is 3.12. The zero-order valence-electron chi connectivity index (χ0n) is 13.9. The monoisotopic (exact) mass is 320 g/mol. The molecule has 0 aliphatic heterocycles. The largest absolute Gasteiger partial charge is 0.348 e. The summed E-state index contributed by atoms with van der Waals surface area (Å²) in [5.41, 5.74) is 5.70. The highest BCUT2D eigenvalue weighted by atomic mass is 16.1. The van der Waals surface area contributed by atoms with Gasteiger partial charge in [-0.15, -0.1) is 0 Å². The summed E-state index contributed by atoms with van der Waals surface area (Å²) in [4.78, 5) is 21.2. The van der Waals surface area contributed by atoms with Gasteiger partial charge in [-0.25, -0.2) is 9.97 Å². The number of rotatable bonds is 4. The van der Waals surface area contributed by atoms with Gasteiger partial charge in [0.15, 0.2) is 5.65 Å². The van der Waals surface area contributed by atoms with Gasteiger partial charge in [0.05, 0.1) is 11.9 Å². The van der Waals surface area contributed by atoms with Gasteiger partial charge in [0.1, 0.15) is 5.52 Å². The Kier molecular flexibility index (Phi) is 3.56. The van der Waals surface area contributed by atoms with Crippen LogP contribution in [0, 0.1) is 13.8 Å². The number of aryl methyl sites for hydroxylation is 2. The Morgan fingerprint density at radius 2 is 1.92 bits per heavy atom. The third-order valence-electron chi connectivity index (χ3n) is 4.35. The summed E-state index contributed by atoms with van der Waals surface area (Å²) < 4.78 is 2.10. The molecule has 0 bridgehead atoms. The molecule has 4 rings (SSSR count). The van der Waals surface area contributed by atoms with Crippen LogP contribution in [0.5, 0.6) is 0 Å². The first-order valence-electron chi connectivity index (χ1n) is 8.28. The summed E-state index contributed by atoms with van der Waals surface area (Å²) in [6, 6.07) is 8.65. The molecule has 5 nitrogen and oxygen atoms in total. The normalized spacial score (nSPS) is 14.1. The van der Waals surface area contributed by atoms with E-state index in [0.717, 1.165) is 16.7 Å². The molecule has 2 heterocycles. The van der Waals surface area contributed by atoms with E-state index in [2.05, 4.69) is 51.9 Å². The van der Waals surface area contributed by atoms with Crippen LogP contribution in [0.3, 0.4) is 0 Å². The van der Waals surface area contributed by atoms with Crippen molar-refractivity contribution in [3.63, 3.8) is 0 Å². The van der Waals surface area contributed by atoms with Crippen molar-refractivity contribution in [3.8, 4) is 0 Å². The van der Waals surface area contributed by atoms with Crippen LogP contribution in [0.4, 0.5) is 0 Å². The predicted octanol–water partition coefficient (Wildman–Crippen LogP) is 3.31. The van der Waals surface area contributed by atoms with Crippen molar-refractivity contribution in [2.75, 3.05) is 0 Å². The van der Waals surface area contributed by atoms with Gasteiger partial charge in [-0.1, -0.05) is 29.3 Å². The molecule has 5 heteroatoms. The Morgan fingerprint density at radius 3 is 2.62 bits per heavy atom. The second-order valence-electron chi connectivity index (χ2n) is 6.63. The van der Waals surface area contributed by atoms with Crippen molar-refractivity contribution in [1.29, 1.82) is 0 Å². The molecule has 0 atom stereocenters. The second-order valence-corrected chi connectivity index (χ2v) is 6.63. The molecule has 0 spiro atoms. The summed E-state index contributed by atoms with van der Waals surface area (Å²) in [6.07, 6.45) is 5.84. The number of fused-ring (bicyclic) bond motifs is 1. The number of carbonyl (C=O) groups excluding carboxylic acids is 1. The standard InChI is InChI=1S/C19H20N4O/c1-12-5-13(2)7-14(6-12)9-21-19(24)15-8-17-18(20-10-15)23(11-22-17)16-3-4-16/h5-8,10-11,16H,3-4,9H2,1-2H3,(H,21,24). The highest BCUT2D eigenvalue weighted by Crippen LogP contribution is 2.36.